The molecular weight excluding hydrogens is 329 g/mol. The first-order valence-electron chi connectivity index (χ1n) is 8.91. The van der Waals surface area contributed by atoms with E-state index >= 15 is 0 Å². The minimum absolute atomic E-state index is 0.459. The van der Waals surface area contributed by atoms with Gasteiger partial charge in [-0.05, 0) is 9.32 Å². The summed E-state index contributed by atoms with van der Waals surface area (Å²) in [5.41, 5.74) is 0. The molecule has 22 heavy (non-hydrogen) atoms. The minimum Gasteiger partial charge on any atom is -0.0880 e. The Morgan fingerprint density at radius 1 is 0.409 bits per heavy atom. The van der Waals surface area contributed by atoms with Crippen LogP contribution >= 0.6 is 0 Å². The molecule has 0 unspecified atom stereocenters. The summed E-state index contributed by atoms with van der Waals surface area (Å²) in [5, 5.41) is 0. The predicted octanol–water partition coefficient (Wildman–Crippen LogP) is 7.49. The van der Waals surface area contributed by atoms with Gasteiger partial charge >= 0.3 is 0 Å². The molecule has 0 aromatic rings. The second-order valence-corrected chi connectivity index (χ2v) is 34.9. The Morgan fingerprint density at radius 3 is 0.636 bits per heavy atom. The summed E-state index contributed by atoms with van der Waals surface area (Å²) in [7, 11) is -5.03. The van der Waals surface area contributed by atoms with Gasteiger partial charge in [-0.2, -0.15) is 0 Å². The van der Waals surface area contributed by atoms with Crippen molar-refractivity contribution in [3.63, 3.8) is 0 Å². The van der Waals surface area contributed by atoms with Gasteiger partial charge in [0.15, 0.2) is 0 Å². The third-order valence-corrected chi connectivity index (χ3v) is 29.1. The van der Waals surface area contributed by atoms with Crippen LogP contribution in [-0.2, 0) is 0 Å². The van der Waals surface area contributed by atoms with E-state index in [1.165, 1.54) is 0 Å². The molecule has 0 aromatic heterocycles. The van der Waals surface area contributed by atoms with Crippen molar-refractivity contribution in [1.82, 2.24) is 0 Å². The van der Waals surface area contributed by atoms with Gasteiger partial charge in [0.25, 0.3) is 0 Å². The molecule has 0 heterocycles. The zero-order chi connectivity index (χ0) is 18.4. The second-order valence-electron chi connectivity index (χ2n) is 11.7. The van der Waals surface area contributed by atoms with Crippen LogP contribution in [0.2, 0.25) is 87.9 Å². The monoisotopic (exact) mass is 372 g/mol. The highest BCUT2D eigenvalue weighted by atomic mass is 28.4. The van der Waals surface area contributed by atoms with Gasteiger partial charge in [0, 0.05) is 0 Å². The van der Waals surface area contributed by atoms with Gasteiger partial charge < -0.3 is 0 Å². The van der Waals surface area contributed by atoms with Crippen LogP contribution in [0.5, 0.6) is 0 Å². The SMILES string of the molecule is CC(/C=C/C(C)([Si](C)(C)C)[Si](C)(C)C)([Si](C)(C)C)[Si](C)(C)C. The molecule has 0 fully saturated rings. The van der Waals surface area contributed by atoms with Crippen LogP contribution < -0.4 is 0 Å². The van der Waals surface area contributed by atoms with Crippen LogP contribution in [0.1, 0.15) is 13.8 Å². The lowest BCUT2D eigenvalue weighted by Crippen LogP contribution is -2.54. The van der Waals surface area contributed by atoms with E-state index in [9.17, 15) is 0 Å². The summed E-state index contributed by atoms with van der Waals surface area (Å²) in [5.74, 6) is 0. The van der Waals surface area contributed by atoms with Crippen molar-refractivity contribution in [3.05, 3.63) is 12.2 Å². The van der Waals surface area contributed by atoms with Crippen molar-refractivity contribution >= 4 is 32.3 Å². The normalized spacial score (nSPS) is 16.5. The maximum Gasteiger partial charge on any atom is 0.0516 e. The average Bonchev–Trinajstić information content (AvgIpc) is 2.18. The Bertz CT molecular complexity index is 340. The standard InChI is InChI=1S/C18H44Si4/c1-17(19(3,4)5,20(6,7)8)15-16-18(2,21(9,10)11)22(12,13)14/h15-16H,1-14H3/b16-15+. The summed E-state index contributed by atoms with van der Waals surface area (Å²) >= 11 is 0. The molecule has 0 aliphatic carbocycles. The molecule has 0 nitrogen and oxygen atoms in total. The van der Waals surface area contributed by atoms with Crippen molar-refractivity contribution in [2.24, 2.45) is 0 Å². The van der Waals surface area contributed by atoms with Crippen molar-refractivity contribution in [2.75, 3.05) is 0 Å². The van der Waals surface area contributed by atoms with E-state index in [0.717, 1.165) is 0 Å². The molecule has 0 aliphatic heterocycles. The van der Waals surface area contributed by atoms with Crippen LogP contribution in [0, 0.1) is 0 Å². The zero-order valence-electron chi connectivity index (χ0n) is 18.2. The Balaban J connectivity index is 6.18. The molecule has 132 valence electrons. The van der Waals surface area contributed by atoms with Crippen molar-refractivity contribution in [3.8, 4) is 0 Å². The third kappa shape index (κ3) is 4.17. The molecule has 0 N–H and O–H groups in total. The quantitative estimate of drug-likeness (QED) is 0.334. The largest absolute Gasteiger partial charge is 0.0880 e. The smallest absolute Gasteiger partial charge is 0.0516 e. The van der Waals surface area contributed by atoms with Gasteiger partial charge in [0.05, 0.1) is 32.3 Å². The molecule has 4 heteroatoms. The molecule has 0 spiro atoms. The molecule has 0 saturated heterocycles. The lowest BCUT2D eigenvalue weighted by atomic mass is 10.3. The summed E-state index contributed by atoms with van der Waals surface area (Å²) in [6, 6.07) is 0. The summed E-state index contributed by atoms with van der Waals surface area (Å²) < 4.78 is 0.918. The van der Waals surface area contributed by atoms with Crippen LogP contribution in [0.4, 0.5) is 0 Å². The van der Waals surface area contributed by atoms with E-state index in [2.05, 4.69) is 105 Å². The Kier molecular flexibility index (Phi) is 6.33. The first kappa shape index (κ1) is 22.6. The van der Waals surface area contributed by atoms with E-state index in [0.29, 0.717) is 9.32 Å². The zero-order valence-corrected chi connectivity index (χ0v) is 22.2. The highest BCUT2D eigenvalue weighted by Crippen LogP contribution is 2.52. The minimum atomic E-state index is -1.26. The summed E-state index contributed by atoms with van der Waals surface area (Å²) in [4.78, 5) is 0. The molecule has 0 radical (unpaired) electrons. The predicted molar refractivity (Wildman–Crippen MR) is 119 cm³/mol. The topological polar surface area (TPSA) is 0 Å². The van der Waals surface area contributed by atoms with Crippen molar-refractivity contribution in [2.45, 2.75) is 102 Å². The van der Waals surface area contributed by atoms with E-state index in [4.69, 9.17) is 0 Å². The molecule has 0 bridgehead atoms. The van der Waals surface area contributed by atoms with E-state index in [1.54, 1.807) is 0 Å². The number of rotatable bonds is 6. The fourth-order valence-electron chi connectivity index (χ4n) is 3.58. The van der Waals surface area contributed by atoms with Gasteiger partial charge in [-0.25, -0.2) is 0 Å². The number of allylic oxidation sites excluding steroid dienone is 2. The Hall–Kier alpha value is 0.608. The van der Waals surface area contributed by atoms with Gasteiger partial charge in [-0.3, -0.25) is 0 Å². The maximum absolute atomic E-state index is 2.72. The van der Waals surface area contributed by atoms with Crippen molar-refractivity contribution < 1.29 is 0 Å². The first-order chi connectivity index (χ1) is 9.21. The highest BCUT2D eigenvalue weighted by Gasteiger charge is 2.50. The Morgan fingerprint density at radius 2 is 0.545 bits per heavy atom. The molecule has 0 rings (SSSR count). The summed E-state index contributed by atoms with van der Waals surface area (Å²) in [6.07, 6.45) is 5.45. The maximum atomic E-state index is 2.72. The lowest BCUT2D eigenvalue weighted by molar-refractivity contribution is 0.909. The fraction of sp³-hybridized carbons (Fsp3) is 0.889. The Labute approximate surface area is 146 Å². The fourth-order valence-corrected chi connectivity index (χ4v) is 23.9. The molecule has 0 atom stereocenters. The van der Waals surface area contributed by atoms with Crippen LogP contribution in [0.25, 0.3) is 0 Å². The van der Waals surface area contributed by atoms with E-state index < -0.39 is 32.3 Å². The van der Waals surface area contributed by atoms with Crippen LogP contribution in [0.3, 0.4) is 0 Å². The second kappa shape index (κ2) is 6.16. The van der Waals surface area contributed by atoms with Crippen LogP contribution in [0.15, 0.2) is 12.2 Å². The average molecular weight is 373 g/mol. The van der Waals surface area contributed by atoms with E-state index in [-0.39, 0.29) is 0 Å². The first-order valence-corrected chi connectivity index (χ1v) is 22.9. The third-order valence-electron chi connectivity index (χ3n) is 6.98. The van der Waals surface area contributed by atoms with E-state index in [1.807, 2.05) is 0 Å². The van der Waals surface area contributed by atoms with Gasteiger partial charge in [-0.1, -0.05) is 105 Å². The van der Waals surface area contributed by atoms with Gasteiger partial charge in [0.1, 0.15) is 0 Å². The van der Waals surface area contributed by atoms with Gasteiger partial charge in [-0.15, -0.1) is 0 Å². The number of hydrogen-bond acceptors (Lipinski definition) is 0. The molecular formula is C18H44Si4. The highest BCUT2D eigenvalue weighted by molar-refractivity contribution is 7.00. The van der Waals surface area contributed by atoms with Crippen molar-refractivity contribution in [1.29, 1.82) is 0 Å². The van der Waals surface area contributed by atoms with Gasteiger partial charge in [0.2, 0.25) is 0 Å². The summed E-state index contributed by atoms with van der Waals surface area (Å²) in [6.45, 7) is 35.9. The molecule has 0 saturated carbocycles. The number of hydrogen-bond donors (Lipinski definition) is 0. The van der Waals surface area contributed by atoms with Crippen LogP contribution in [-0.4, -0.2) is 32.3 Å². The molecule has 0 aromatic carbocycles. The lowest BCUT2D eigenvalue weighted by Gasteiger charge is -2.51. The molecule has 0 amide bonds. The molecule has 0 aliphatic rings.